The van der Waals surface area contributed by atoms with Crippen molar-refractivity contribution >= 4 is 6.03 Å². The third-order valence-electron chi connectivity index (χ3n) is 4.42. The number of amides is 2. The Morgan fingerprint density at radius 3 is 2.76 bits per heavy atom. The molecule has 0 aromatic rings. The number of carbonyl (C=O) groups is 1. The van der Waals surface area contributed by atoms with Gasteiger partial charge in [0.1, 0.15) is 6.10 Å². The Labute approximate surface area is 127 Å². The van der Waals surface area contributed by atoms with Gasteiger partial charge in [0.05, 0.1) is 18.8 Å². The lowest BCUT2D eigenvalue weighted by Gasteiger charge is -2.28. The minimum Gasteiger partial charge on any atom is -0.388 e. The number of unbranched alkanes of at least 4 members (excludes halogenated alkanes) is 1. The van der Waals surface area contributed by atoms with E-state index in [1.807, 2.05) is 7.05 Å². The Morgan fingerprint density at radius 2 is 2.14 bits per heavy atom. The highest BCUT2D eigenvalue weighted by Crippen LogP contribution is 2.18. The molecule has 122 valence electrons. The fourth-order valence-electron chi connectivity index (χ4n) is 2.75. The van der Waals surface area contributed by atoms with E-state index in [1.54, 1.807) is 0 Å². The van der Waals surface area contributed by atoms with Gasteiger partial charge in [0, 0.05) is 12.6 Å². The highest BCUT2D eigenvalue weighted by Gasteiger charge is 2.37. The standard InChI is InChI=1S/C15H29N3O3/c1-3-4-8-18(2)9-13-14(19)12(10-21-13)17-15(20)16-11-6-5-7-11/h11-14,19H,3-10H2,1-2H3,(H2,16,17,20)/t12-,13-,14+/m0/s1. The molecule has 0 unspecified atom stereocenters. The van der Waals surface area contributed by atoms with Crippen LogP contribution < -0.4 is 10.6 Å². The lowest BCUT2D eigenvalue weighted by atomic mass is 9.93. The monoisotopic (exact) mass is 299 g/mol. The van der Waals surface area contributed by atoms with Crippen molar-refractivity contribution in [1.82, 2.24) is 15.5 Å². The van der Waals surface area contributed by atoms with Gasteiger partial charge in [0.2, 0.25) is 0 Å². The molecule has 0 spiro atoms. The lowest BCUT2D eigenvalue weighted by molar-refractivity contribution is 0.0201. The number of aliphatic hydroxyl groups excluding tert-OH is 1. The van der Waals surface area contributed by atoms with Crippen LogP contribution in [0.25, 0.3) is 0 Å². The summed E-state index contributed by atoms with van der Waals surface area (Å²) in [6.45, 7) is 4.24. The number of hydrogen-bond acceptors (Lipinski definition) is 4. The number of aliphatic hydroxyl groups is 1. The summed E-state index contributed by atoms with van der Waals surface area (Å²) in [5.41, 5.74) is 0. The predicted octanol–water partition coefficient (Wildman–Crippen LogP) is 0.698. The number of ether oxygens (including phenoxy) is 1. The van der Waals surface area contributed by atoms with Crippen molar-refractivity contribution < 1.29 is 14.6 Å². The molecule has 6 nitrogen and oxygen atoms in total. The first-order valence-corrected chi connectivity index (χ1v) is 8.15. The van der Waals surface area contributed by atoms with E-state index in [4.69, 9.17) is 4.74 Å². The van der Waals surface area contributed by atoms with Gasteiger partial charge in [-0.2, -0.15) is 0 Å². The van der Waals surface area contributed by atoms with E-state index in [-0.39, 0.29) is 18.2 Å². The molecule has 2 aliphatic rings. The number of carbonyl (C=O) groups excluding carboxylic acids is 1. The highest BCUT2D eigenvalue weighted by molar-refractivity contribution is 5.74. The van der Waals surface area contributed by atoms with Crippen LogP contribution >= 0.6 is 0 Å². The molecule has 0 aromatic heterocycles. The second-order valence-electron chi connectivity index (χ2n) is 6.33. The molecule has 3 N–H and O–H groups in total. The summed E-state index contributed by atoms with van der Waals surface area (Å²) in [4.78, 5) is 14.0. The molecule has 1 heterocycles. The largest absolute Gasteiger partial charge is 0.388 e. The van der Waals surface area contributed by atoms with Crippen molar-refractivity contribution in [2.45, 2.75) is 63.3 Å². The molecule has 1 aliphatic heterocycles. The molecule has 21 heavy (non-hydrogen) atoms. The topological polar surface area (TPSA) is 73.8 Å². The maximum Gasteiger partial charge on any atom is 0.315 e. The number of likely N-dealkylation sites (N-methyl/N-ethyl adjacent to an activating group) is 1. The summed E-state index contributed by atoms with van der Waals surface area (Å²) in [5.74, 6) is 0. The summed E-state index contributed by atoms with van der Waals surface area (Å²) >= 11 is 0. The van der Waals surface area contributed by atoms with Gasteiger partial charge in [-0.15, -0.1) is 0 Å². The number of nitrogens with one attached hydrogen (secondary N) is 2. The molecule has 1 saturated heterocycles. The van der Waals surface area contributed by atoms with Crippen LogP contribution in [-0.2, 0) is 4.74 Å². The molecule has 1 saturated carbocycles. The van der Waals surface area contributed by atoms with Crippen molar-refractivity contribution in [2.24, 2.45) is 0 Å². The summed E-state index contributed by atoms with van der Waals surface area (Å²) in [7, 11) is 2.04. The molecular formula is C15H29N3O3. The Morgan fingerprint density at radius 1 is 1.38 bits per heavy atom. The molecule has 6 heteroatoms. The third kappa shape index (κ3) is 4.83. The minimum atomic E-state index is -0.638. The third-order valence-corrected chi connectivity index (χ3v) is 4.42. The average Bonchev–Trinajstić information content (AvgIpc) is 2.73. The van der Waals surface area contributed by atoms with Gasteiger partial charge >= 0.3 is 6.03 Å². The van der Waals surface area contributed by atoms with E-state index in [2.05, 4.69) is 22.5 Å². The molecule has 0 radical (unpaired) electrons. The van der Waals surface area contributed by atoms with Gasteiger partial charge in [-0.3, -0.25) is 0 Å². The number of urea groups is 1. The van der Waals surface area contributed by atoms with Crippen LogP contribution in [0.3, 0.4) is 0 Å². The summed E-state index contributed by atoms with van der Waals surface area (Å²) in [5, 5.41) is 16.0. The predicted molar refractivity (Wildman–Crippen MR) is 81.2 cm³/mol. The molecule has 0 bridgehead atoms. The van der Waals surface area contributed by atoms with E-state index in [0.29, 0.717) is 19.2 Å². The number of hydrogen-bond donors (Lipinski definition) is 3. The maximum atomic E-state index is 11.8. The van der Waals surface area contributed by atoms with Crippen LogP contribution in [0.15, 0.2) is 0 Å². The van der Waals surface area contributed by atoms with E-state index < -0.39 is 6.10 Å². The van der Waals surface area contributed by atoms with Crippen LogP contribution in [0.1, 0.15) is 39.0 Å². The van der Waals surface area contributed by atoms with Gasteiger partial charge in [-0.1, -0.05) is 13.3 Å². The molecular weight excluding hydrogens is 270 g/mol. The zero-order chi connectivity index (χ0) is 15.2. The second kappa shape index (κ2) is 7.96. The highest BCUT2D eigenvalue weighted by atomic mass is 16.5. The van der Waals surface area contributed by atoms with Crippen LogP contribution in [-0.4, -0.2) is 67.1 Å². The first-order valence-electron chi connectivity index (χ1n) is 8.15. The van der Waals surface area contributed by atoms with Crippen LogP contribution in [0.4, 0.5) is 4.79 Å². The fourth-order valence-corrected chi connectivity index (χ4v) is 2.75. The normalized spacial score (nSPS) is 29.4. The van der Waals surface area contributed by atoms with E-state index >= 15 is 0 Å². The van der Waals surface area contributed by atoms with Gasteiger partial charge in [-0.05, 0) is 39.3 Å². The summed E-state index contributed by atoms with van der Waals surface area (Å²) in [6.07, 6.45) is 4.74. The second-order valence-corrected chi connectivity index (χ2v) is 6.33. The van der Waals surface area contributed by atoms with Crippen LogP contribution in [0, 0.1) is 0 Å². The van der Waals surface area contributed by atoms with Crippen LogP contribution in [0.2, 0.25) is 0 Å². The van der Waals surface area contributed by atoms with Crippen molar-refractivity contribution in [3.63, 3.8) is 0 Å². The van der Waals surface area contributed by atoms with E-state index in [0.717, 1.165) is 32.2 Å². The quantitative estimate of drug-likeness (QED) is 0.647. The summed E-state index contributed by atoms with van der Waals surface area (Å²) < 4.78 is 5.64. The van der Waals surface area contributed by atoms with E-state index in [1.165, 1.54) is 6.42 Å². The molecule has 2 rings (SSSR count). The van der Waals surface area contributed by atoms with Crippen molar-refractivity contribution in [3.05, 3.63) is 0 Å². The molecule has 1 aliphatic carbocycles. The number of nitrogens with zero attached hydrogens (tertiary/aromatic N) is 1. The van der Waals surface area contributed by atoms with Gasteiger partial charge in [0.25, 0.3) is 0 Å². The number of rotatable bonds is 7. The molecule has 3 atom stereocenters. The van der Waals surface area contributed by atoms with Gasteiger partial charge < -0.3 is 25.4 Å². The van der Waals surface area contributed by atoms with Gasteiger partial charge in [-0.25, -0.2) is 4.79 Å². The van der Waals surface area contributed by atoms with Gasteiger partial charge in [0.15, 0.2) is 0 Å². The van der Waals surface area contributed by atoms with Crippen molar-refractivity contribution in [3.8, 4) is 0 Å². The zero-order valence-electron chi connectivity index (χ0n) is 13.2. The molecule has 2 fully saturated rings. The SMILES string of the molecule is CCCCN(C)C[C@@H]1OC[C@H](NC(=O)NC2CCC2)[C@H]1O. The van der Waals surface area contributed by atoms with E-state index in [9.17, 15) is 9.90 Å². The fraction of sp³-hybridized carbons (Fsp3) is 0.933. The maximum absolute atomic E-state index is 11.8. The minimum absolute atomic E-state index is 0.188. The Kier molecular flexibility index (Phi) is 6.26. The Balaban J connectivity index is 1.69. The first kappa shape index (κ1) is 16.5. The summed E-state index contributed by atoms with van der Waals surface area (Å²) in [6, 6.07) is -0.192. The first-order chi connectivity index (χ1) is 10.1. The van der Waals surface area contributed by atoms with Crippen molar-refractivity contribution in [1.29, 1.82) is 0 Å². The van der Waals surface area contributed by atoms with Crippen LogP contribution in [0.5, 0.6) is 0 Å². The van der Waals surface area contributed by atoms with Crippen molar-refractivity contribution in [2.75, 3.05) is 26.7 Å². The average molecular weight is 299 g/mol. The molecule has 2 amide bonds. The Hall–Kier alpha value is -0.850. The molecule has 0 aromatic carbocycles. The zero-order valence-corrected chi connectivity index (χ0v) is 13.2. The smallest absolute Gasteiger partial charge is 0.315 e. The lowest BCUT2D eigenvalue weighted by Crippen LogP contribution is -2.52. The Bertz CT molecular complexity index is 336.